The number of benzene rings is 3. The molecule has 0 spiro atoms. The van der Waals surface area contributed by atoms with Crippen molar-refractivity contribution in [2.24, 2.45) is 0 Å². The van der Waals surface area contributed by atoms with Crippen LogP contribution in [-0.2, 0) is 21.2 Å². The van der Waals surface area contributed by atoms with Crippen LogP contribution in [0.3, 0.4) is 0 Å². The number of H-pyrrole nitrogens is 1. The largest absolute Gasteiger partial charge is 0.361 e. The highest BCUT2D eigenvalue weighted by Crippen LogP contribution is 2.26. The van der Waals surface area contributed by atoms with Crippen LogP contribution in [0.4, 0.5) is 9.52 Å². The number of hydrogen-bond donors (Lipinski definition) is 3. The number of nitrogens with one attached hydrogen (secondary N) is 3. The lowest BCUT2D eigenvalue weighted by molar-refractivity contribution is -0.117. The molecule has 5 rings (SSSR count). The molecule has 1 atom stereocenters. The zero-order valence-corrected chi connectivity index (χ0v) is 22.3. The molecule has 3 aromatic carbocycles. The molecule has 0 fully saturated rings. The third kappa shape index (κ3) is 5.80. The lowest BCUT2D eigenvalue weighted by atomic mass is 10.1. The van der Waals surface area contributed by atoms with Gasteiger partial charge in [-0.25, -0.2) is 17.8 Å². The fourth-order valence-electron chi connectivity index (χ4n) is 3.85. The minimum absolute atomic E-state index is 0.0419. The average Bonchev–Trinajstić information content (AvgIpc) is 3.51. The Hall–Kier alpha value is -3.38. The van der Waals surface area contributed by atoms with Crippen molar-refractivity contribution in [1.29, 1.82) is 0 Å². The molecule has 0 saturated heterocycles. The fourth-order valence-corrected chi connectivity index (χ4v) is 6.04. The van der Waals surface area contributed by atoms with Crippen molar-refractivity contribution in [1.82, 2.24) is 14.7 Å². The van der Waals surface area contributed by atoms with E-state index in [1.165, 1.54) is 35.6 Å². The summed E-state index contributed by atoms with van der Waals surface area (Å²) in [4.78, 5) is 21.0. The number of fused-ring (bicyclic) bond motifs is 1. The van der Waals surface area contributed by atoms with E-state index in [4.69, 9.17) is 0 Å². The molecule has 11 heteroatoms. The lowest BCUT2D eigenvalue weighted by Crippen LogP contribution is -2.45. The van der Waals surface area contributed by atoms with E-state index in [1.807, 2.05) is 24.3 Å². The summed E-state index contributed by atoms with van der Waals surface area (Å²) in [6.45, 7) is 0. The molecule has 7 nitrogen and oxygen atoms in total. The lowest BCUT2D eigenvalue weighted by Gasteiger charge is -2.18. The Labute approximate surface area is 225 Å². The maximum Gasteiger partial charge on any atom is 0.244 e. The van der Waals surface area contributed by atoms with Gasteiger partial charge in [0.1, 0.15) is 11.9 Å². The van der Waals surface area contributed by atoms with Crippen molar-refractivity contribution in [3.05, 3.63) is 100 Å². The van der Waals surface area contributed by atoms with Gasteiger partial charge in [0.15, 0.2) is 5.13 Å². The van der Waals surface area contributed by atoms with Crippen LogP contribution in [0, 0.1) is 5.82 Å². The molecule has 2 aromatic heterocycles. The van der Waals surface area contributed by atoms with Gasteiger partial charge in [-0.3, -0.25) is 4.79 Å². The number of carbonyl (C=O) groups is 1. The van der Waals surface area contributed by atoms with E-state index < -0.39 is 22.0 Å². The van der Waals surface area contributed by atoms with E-state index in [2.05, 4.69) is 35.9 Å². The number of halogens is 2. The molecule has 1 amide bonds. The molecule has 0 saturated carbocycles. The highest BCUT2D eigenvalue weighted by Gasteiger charge is 2.28. The maximum absolute atomic E-state index is 13.4. The fraction of sp³-hybridized carbons (Fsp3) is 0.0769. The van der Waals surface area contributed by atoms with Gasteiger partial charge < -0.3 is 10.3 Å². The van der Waals surface area contributed by atoms with Crippen LogP contribution < -0.4 is 10.0 Å². The first-order valence-electron chi connectivity index (χ1n) is 11.1. The zero-order valence-electron chi connectivity index (χ0n) is 19.1. The highest BCUT2D eigenvalue weighted by atomic mass is 79.9. The smallest absolute Gasteiger partial charge is 0.244 e. The van der Waals surface area contributed by atoms with E-state index in [0.29, 0.717) is 16.4 Å². The molecule has 2 heterocycles. The minimum atomic E-state index is -4.01. The Bertz CT molecular complexity index is 1670. The zero-order chi connectivity index (χ0) is 26.0. The Morgan fingerprint density at radius 2 is 1.78 bits per heavy atom. The topological polar surface area (TPSA) is 104 Å². The van der Waals surface area contributed by atoms with Crippen LogP contribution in [0.15, 0.2) is 93.7 Å². The second-order valence-electron chi connectivity index (χ2n) is 8.23. The summed E-state index contributed by atoms with van der Waals surface area (Å²) in [7, 11) is -4.01. The Balaban J connectivity index is 1.42. The number of para-hydroxylation sites is 1. The van der Waals surface area contributed by atoms with E-state index in [9.17, 15) is 17.6 Å². The van der Waals surface area contributed by atoms with Crippen molar-refractivity contribution in [3.63, 3.8) is 0 Å². The van der Waals surface area contributed by atoms with E-state index in [-0.39, 0.29) is 17.1 Å². The quantitative estimate of drug-likeness (QED) is 0.212. The summed E-state index contributed by atoms with van der Waals surface area (Å²) < 4.78 is 42.9. The van der Waals surface area contributed by atoms with Crippen molar-refractivity contribution in [2.75, 3.05) is 5.32 Å². The number of sulfonamides is 1. The van der Waals surface area contributed by atoms with Crippen LogP contribution in [0.5, 0.6) is 0 Å². The van der Waals surface area contributed by atoms with Gasteiger partial charge in [-0.15, -0.1) is 11.3 Å². The van der Waals surface area contributed by atoms with Gasteiger partial charge in [-0.1, -0.05) is 34.1 Å². The Kier molecular flexibility index (Phi) is 7.20. The molecular weight excluding hydrogens is 579 g/mol. The first kappa shape index (κ1) is 25.3. The van der Waals surface area contributed by atoms with Gasteiger partial charge in [0.25, 0.3) is 0 Å². The molecular formula is C26H20BrFN4O3S2. The second-order valence-corrected chi connectivity index (χ2v) is 11.7. The molecule has 5 aromatic rings. The molecule has 188 valence electrons. The molecule has 0 aliphatic rings. The van der Waals surface area contributed by atoms with Gasteiger partial charge in [-0.2, -0.15) is 4.72 Å². The maximum atomic E-state index is 13.4. The second kappa shape index (κ2) is 10.5. The van der Waals surface area contributed by atoms with Gasteiger partial charge in [-0.05, 0) is 66.6 Å². The number of anilines is 1. The predicted molar refractivity (Wildman–Crippen MR) is 146 cm³/mol. The monoisotopic (exact) mass is 598 g/mol. The van der Waals surface area contributed by atoms with Crippen LogP contribution in [0.1, 0.15) is 5.56 Å². The van der Waals surface area contributed by atoms with Crippen molar-refractivity contribution in [2.45, 2.75) is 17.4 Å². The summed E-state index contributed by atoms with van der Waals surface area (Å²) in [6, 6.07) is 18.5. The van der Waals surface area contributed by atoms with Gasteiger partial charge in [0.2, 0.25) is 15.9 Å². The first-order valence-corrected chi connectivity index (χ1v) is 14.3. The summed E-state index contributed by atoms with van der Waals surface area (Å²) in [5.74, 6) is -0.906. The molecule has 1 unspecified atom stereocenters. The number of aromatic nitrogens is 2. The van der Waals surface area contributed by atoms with Crippen molar-refractivity contribution >= 4 is 59.2 Å². The molecule has 0 aliphatic carbocycles. The molecule has 0 radical (unpaired) electrons. The molecule has 0 bridgehead atoms. The molecule has 3 N–H and O–H groups in total. The summed E-state index contributed by atoms with van der Waals surface area (Å²) in [5, 5.41) is 5.68. The normalized spacial score (nSPS) is 12.5. The first-order chi connectivity index (χ1) is 17.8. The highest BCUT2D eigenvalue weighted by molar-refractivity contribution is 9.10. The van der Waals surface area contributed by atoms with Crippen molar-refractivity contribution < 1.29 is 17.6 Å². The SMILES string of the molecule is O=C(Nc1nc(-c2ccc(F)cc2)cs1)C(Cc1c[nH]c2ccccc12)NS(=O)(=O)c1ccc(Br)cc1. The number of hydrogen-bond acceptors (Lipinski definition) is 5. The standard InChI is InChI=1S/C26H20BrFN4O3S2/c27-18-7-11-20(12-8-18)37(34,35)32-23(13-17-14-29-22-4-2-1-3-21(17)22)25(33)31-26-30-24(15-36-26)16-5-9-19(28)10-6-16/h1-12,14-15,23,29,32H,13H2,(H,30,31,33). The van der Waals surface area contributed by atoms with Crippen molar-refractivity contribution in [3.8, 4) is 11.3 Å². The number of carbonyl (C=O) groups excluding carboxylic acids is 1. The van der Waals surface area contributed by atoms with Crippen LogP contribution in [-0.4, -0.2) is 30.3 Å². The number of amides is 1. The average molecular weight is 600 g/mol. The number of thiazole rings is 1. The number of aromatic amines is 1. The molecule has 0 aliphatic heterocycles. The van der Waals surface area contributed by atoms with Crippen LogP contribution >= 0.6 is 27.3 Å². The predicted octanol–water partition coefficient (Wildman–Crippen LogP) is 5.72. The summed E-state index contributed by atoms with van der Waals surface area (Å²) >= 11 is 4.50. The Morgan fingerprint density at radius 1 is 1.05 bits per heavy atom. The van der Waals surface area contributed by atoms with Crippen LogP contribution in [0.25, 0.3) is 22.2 Å². The summed E-state index contributed by atoms with van der Waals surface area (Å²) in [5.41, 5.74) is 2.95. The Morgan fingerprint density at radius 3 is 2.54 bits per heavy atom. The minimum Gasteiger partial charge on any atom is -0.361 e. The van der Waals surface area contributed by atoms with E-state index >= 15 is 0 Å². The number of rotatable bonds is 8. The van der Waals surface area contributed by atoms with E-state index in [0.717, 1.165) is 20.9 Å². The van der Waals surface area contributed by atoms with E-state index in [1.54, 1.807) is 35.8 Å². The van der Waals surface area contributed by atoms with Gasteiger partial charge in [0, 0.05) is 32.5 Å². The third-order valence-electron chi connectivity index (χ3n) is 5.71. The molecule has 37 heavy (non-hydrogen) atoms. The van der Waals surface area contributed by atoms with Crippen LogP contribution in [0.2, 0.25) is 0 Å². The van der Waals surface area contributed by atoms with Gasteiger partial charge >= 0.3 is 0 Å². The number of nitrogens with zero attached hydrogens (tertiary/aromatic N) is 1. The summed E-state index contributed by atoms with van der Waals surface area (Å²) in [6.07, 6.45) is 1.89. The van der Waals surface area contributed by atoms with Gasteiger partial charge in [0.05, 0.1) is 10.6 Å². The third-order valence-corrected chi connectivity index (χ3v) is 8.49.